The predicted molar refractivity (Wildman–Crippen MR) is 93.2 cm³/mol. The van der Waals surface area contributed by atoms with E-state index in [1.807, 2.05) is 61.5 Å². The molecule has 2 aromatic heterocycles. The van der Waals surface area contributed by atoms with Crippen LogP contribution in [0.4, 0.5) is 0 Å². The molecule has 4 aromatic rings. The molecule has 0 radical (unpaired) electrons. The van der Waals surface area contributed by atoms with Crippen molar-refractivity contribution in [1.29, 1.82) is 0 Å². The van der Waals surface area contributed by atoms with E-state index in [1.54, 1.807) is 4.68 Å². The maximum atomic E-state index is 5.32. The molecule has 0 atom stereocenters. The average Bonchev–Trinajstić information content (AvgIpc) is 3.30. The van der Waals surface area contributed by atoms with Crippen LogP contribution < -0.4 is 0 Å². The van der Waals surface area contributed by atoms with Gasteiger partial charge in [-0.3, -0.25) is 0 Å². The summed E-state index contributed by atoms with van der Waals surface area (Å²) in [5, 5.41) is 16.6. The van der Waals surface area contributed by atoms with E-state index in [4.69, 9.17) is 4.52 Å². The van der Waals surface area contributed by atoms with E-state index >= 15 is 0 Å². The van der Waals surface area contributed by atoms with Gasteiger partial charge < -0.3 is 4.52 Å². The fraction of sp³-hybridized carbons (Fsp3) is 0.118. The molecule has 4 rings (SSSR count). The summed E-state index contributed by atoms with van der Waals surface area (Å²) in [4.78, 5) is 4.42. The van der Waals surface area contributed by atoms with Gasteiger partial charge in [0.1, 0.15) is 0 Å². The Bertz CT molecular complexity index is 981. The normalized spacial score (nSPS) is 10.9. The summed E-state index contributed by atoms with van der Waals surface area (Å²) in [7, 11) is 0. The standard InChI is InChI=1S/C17H14N6OS/c1-12-6-5-9-14(10-12)23-17(19-21-22-23)25-11-15-18-16(20-24-15)13-7-3-2-4-8-13/h2-10H,11H2,1H3. The van der Waals surface area contributed by atoms with Crippen molar-refractivity contribution in [3.05, 3.63) is 66.1 Å². The molecular formula is C17H14N6OS. The van der Waals surface area contributed by atoms with Crippen molar-refractivity contribution in [2.24, 2.45) is 0 Å². The second-order valence-electron chi connectivity index (χ2n) is 5.38. The van der Waals surface area contributed by atoms with Gasteiger partial charge in [0.15, 0.2) is 0 Å². The zero-order valence-corrected chi connectivity index (χ0v) is 14.2. The van der Waals surface area contributed by atoms with E-state index in [9.17, 15) is 0 Å². The van der Waals surface area contributed by atoms with Crippen LogP contribution in [0.2, 0.25) is 0 Å². The number of tetrazole rings is 1. The lowest BCUT2D eigenvalue weighted by molar-refractivity contribution is 0.391. The molecule has 0 fully saturated rings. The molecule has 0 unspecified atom stereocenters. The number of nitrogens with zero attached hydrogens (tertiary/aromatic N) is 6. The molecule has 0 aliphatic heterocycles. The number of benzene rings is 2. The Morgan fingerprint density at radius 2 is 1.96 bits per heavy atom. The monoisotopic (exact) mass is 350 g/mol. The van der Waals surface area contributed by atoms with Gasteiger partial charge in [-0.2, -0.15) is 9.67 Å². The third kappa shape index (κ3) is 3.43. The molecule has 8 heteroatoms. The Labute approximate surface area is 148 Å². The first-order valence-electron chi connectivity index (χ1n) is 7.66. The van der Waals surface area contributed by atoms with Gasteiger partial charge in [-0.1, -0.05) is 59.4 Å². The Morgan fingerprint density at radius 3 is 2.80 bits per heavy atom. The second-order valence-corrected chi connectivity index (χ2v) is 6.32. The van der Waals surface area contributed by atoms with Crippen molar-refractivity contribution in [3.8, 4) is 17.1 Å². The molecule has 2 heterocycles. The molecule has 0 spiro atoms. The summed E-state index contributed by atoms with van der Waals surface area (Å²) < 4.78 is 7.02. The molecule has 7 nitrogen and oxygen atoms in total. The van der Waals surface area contributed by atoms with Crippen LogP contribution >= 0.6 is 11.8 Å². The lowest BCUT2D eigenvalue weighted by Crippen LogP contribution is -1.99. The highest BCUT2D eigenvalue weighted by molar-refractivity contribution is 7.98. The van der Waals surface area contributed by atoms with Gasteiger partial charge in [0.05, 0.1) is 11.4 Å². The molecule has 0 bridgehead atoms. The lowest BCUT2D eigenvalue weighted by Gasteiger charge is -2.03. The molecule has 25 heavy (non-hydrogen) atoms. The fourth-order valence-corrected chi connectivity index (χ4v) is 3.06. The maximum absolute atomic E-state index is 5.32. The van der Waals surface area contributed by atoms with Gasteiger partial charge in [-0.05, 0) is 35.0 Å². The van der Waals surface area contributed by atoms with E-state index in [-0.39, 0.29) is 0 Å². The van der Waals surface area contributed by atoms with E-state index in [0.29, 0.717) is 22.6 Å². The average molecular weight is 350 g/mol. The largest absolute Gasteiger partial charge is 0.338 e. The third-order valence-corrected chi connectivity index (χ3v) is 4.42. The second kappa shape index (κ2) is 6.86. The minimum absolute atomic E-state index is 0.492. The summed E-state index contributed by atoms with van der Waals surface area (Å²) in [5.74, 6) is 1.60. The summed E-state index contributed by atoms with van der Waals surface area (Å²) in [6.45, 7) is 2.03. The van der Waals surface area contributed by atoms with Gasteiger partial charge in [-0.15, -0.1) is 5.10 Å². The number of thioether (sulfide) groups is 1. The zero-order chi connectivity index (χ0) is 17.1. The summed E-state index contributed by atoms with van der Waals surface area (Å²) in [6.07, 6.45) is 0. The molecule has 2 aromatic carbocycles. The SMILES string of the molecule is Cc1cccc(-n2nnnc2SCc2nc(-c3ccccc3)no2)c1. The summed E-state index contributed by atoms with van der Waals surface area (Å²) in [5.41, 5.74) is 2.99. The molecule has 124 valence electrons. The van der Waals surface area contributed by atoms with Crippen LogP contribution in [0.15, 0.2) is 64.3 Å². The van der Waals surface area contributed by atoms with Crippen LogP contribution in [-0.4, -0.2) is 30.3 Å². The minimum Gasteiger partial charge on any atom is -0.338 e. The van der Waals surface area contributed by atoms with Crippen molar-refractivity contribution in [2.75, 3.05) is 0 Å². The van der Waals surface area contributed by atoms with Crippen molar-refractivity contribution in [3.63, 3.8) is 0 Å². The lowest BCUT2D eigenvalue weighted by atomic mass is 10.2. The highest BCUT2D eigenvalue weighted by Gasteiger charge is 2.13. The first kappa shape index (κ1) is 15.5. The Hall–Kier alpha value is -3.00. The van der Waals surface area contributed by atoms with E-state index in [0.717, 1.165) is 16.8 Å². The van der Waals surface area contributed by atoms with Crippen molar-refractivity contribution in [1.82, 2.24) is 30.3 Å². The smallest absolute Gasteiger partial charge is 0.237 e. The molecule has 0 amide bonds. The van der Waals surface area contributed by atoms with Crippen LogP contribution in [0.3, 0.4) is 0 Å². The maximum Gasteiger partial charge on any atom is 0.237 e. The van der Waals surface area contributed by atoms with Crippen LogP contribution in [0.1, 0.15) is 11.5 Å². The van der Waals surface area contributed by atoms with Crippen molar-refractivity contribution >= 4 is 11.8 Å². The molecular weight excluding hydrogens is 336 g/mol. The number of rotatable bonds is 5. The van der Waals surface area contributed by atoms with Crippen LogP contribution in [0.25, 0.3) is 17.1 Å². The summed E-state index contributed by atoms with van der Waals surface area (Å²) in [6, 6.07) is 17.7. The van der Waals surface area contributed by atoms with Crippen molar-refractivity contribution < 1.29 is 4.52 Å². The summed E-state index contributed by atoms with van der Waals surface area (Å²) >= 11 is 1.45. The highest BCUT2D eigenvalue weighted by atomic mass is 32.2. The van der Waals surface area contributed by atoms with Gasteiger partial charge in [0.25, 0.3) is 0 Å². The van der Waals surface area contributed by atoms with Gasteiger partial charge in [0.2, 0.25) is 16.9 Å². The number of hydrogen-bond acceptors (Lipinski definition) is 7. The van der Waals surface area contributed by atoms with Crippen LogP contribution in [-0.2, 0) is 5.75 Å². The first-order valence-corrected chi connectivity index (χ1v) is 8.64. The quantitative estimate of drug-likeness (QED) is 0.511. The van der Waals surface area contributed by atoms with Gasteiger partial charge in [0, 0.05) is 5.56 Å². The predicted octanol–water partition coefficient (Wildman–Crippen LogP) is 3.31. The first-order chi connectivity index (χ1) is 12.3. The third-order valence-electron chi connectivity index (χ3n) is 3.51. The Kier molecular flexibility index (Phi) is 4.26. The zero-order valence-electron chi connectivity index (χ0n) is 13.4. The van der Waals surface area contributed by atoms with Gasteiger partial charge in [-0.25, -0.2) is 0 Å². The van der Waals surface area contributed by atoms with E-state index in [2.05, 4.69) is 25.7 Å². The molecule has 0 aliphatic rings. The highest BCUT2D eigenvalue weighted by Crippen LogP contribution is 2.23. The molecule has 0 saturated carbocycles. The Balaban J connectivity index is 1.50. The fourth-order valence-electron chi connectivity index (χ4n) is 2.33. The number of aromatic nitrogens is 6. The molecule has 0 N–H and O–H groups in total. The Morgan fingerprint density at radius 1 is 1.08 bits per heavy atom. The van der Waals surface area contributed by atoms with E-state index in [1.165, 1.54) is 11.8 Å². The van der Waals surface area contributed by atoms with Crippen LogP contribution in [0.5, 0.6) is 0 Å². The molecule has 0 saturated heterocycles. The molecule has 0 aliphatic carbocycles. The van der Waals surface area contributed by atoms with Crippen molar-refractivity contribution in [2.45, 2.75) is 17.8 Å². The van der Waals surface area contributed by atoms with Gasteiger partial charge >= 0.3 is 0 Å². The van der Waals surface area contributed by atoms with Crippen LogP contribution in [0, 0.1) is 6.92 Å². The van der Waals surface area contributed by atoms with E-state index < -0.39 is 0 Å². The number of hydrogen-bond donors (Lipinski definition) is 0. The topological polar surface area (TPSA) is 82.5 Å². The minimum atomic E-state index is 0.492. The number of aryl methyl sites for hydroxylation is 1.